The number of nitrogens with zero attached hydrogens (tertiary/aromatic N) is 2. The lowest BCUT2D eigenvalue weighted by molar-refractivity contribution is 0.169. The number of piperazine rings is 1. The number of rotatable bonds is 4. The van der Waals surface area contributed by atoms with Gasteiger partial charge in [0.15, 0.2) is 0 Å². The third-order valence-electron chi connectivity index (χ3n) is 8.03. The van der Waals surface area contributed by atoms with Crippen molar-refractivity contribution in [2.24, 2.45) is 17.3 Å². The van der Waals surface area contributed by atoms with Gasteiger partial charge in [-0.25, -0.2) is 0 Å². The van der Waals surface area contributed by atoms with Crippen LogP contribution in [-0.2, 0) is 0 Å². The van der Waals surface area contributed by atoms with Gasteiger partial charge in [-0.3, -0.25) is 4.90 Å². The lowest BCUT2D eigenvalue weighted by atomic mass is 9.68. The topological polar surface area (TPSA) is 6.48 Å². The van der Waals surface area contributed by atoms with Crippen molar-refractivity contribution < 1.29 is 0 Å². The Balaban J connectivity index is 0.00000240. The molecule has 0 amide bonds. The molecule has 1 heterocycles. The first-order valence-electron chi connectivity index (χ1n) is 12.1. The van der Waals surface area contributed by atoms with Crippen LogP contribution in [0.5, 0.6) is 0 Å². The Morgan fingerprint density at radius 2 is 1.45 bits per heavy atom. The Morgan fingerprint density at radius 3 is 2.07 bits per heavy atom. The Hall–Kier alpha value is -0.730. The molecule has 0 bridgehead atoms. The summed E-state index contributed by atoms with van der Waals surface area (Å²) < 4.78 is 0. The molecule has 0 radical (unpaired) electrons. The zero-order valence-corrected chi connectivity index (χ0v) is 19.9. The summed E-state index contributed by atoms with van der Waals surface area (Å²) in [4.78, 5) is 5.43. The molecule has 3 heteroatoms. The van der Waals surface area contributed by atoms with Gasteiger partial charge < -0.3 is 4.90 Å². The van der Waals surface area contributed by atoms with E-state index in [1.807, 2.05) is 0 Å². The normalized spacial score (nSPS) is 27.1. The van der Waals surface area contributed by atoms with Gasteiger partial charge in [0.1, 0.15) is 0 Å². The fraction of sp³-hybridized carbons (Fsp3) is 0.769. The average molecular weight is 419 g/mol. The second-order valence-electron chi connectivity index (χ2n) is 10.9. The molecule has 2 nitrogen and oxygen atoms in total. The molecular weight excluding hydrogens is 376 g/mol. The molecule has 1 saturated heterocycles. The minimum Gasteiger partial charge on any atom is -0.369 e. The summed E-state index contributed by atoms with van der Waals surface area (Å²) in [7, 11) is 0. The smallest absolute Gasteiger partial charge is 0.0402 e. The summed E-state index contributed by atoms with van der Waals surface area (Å²) in [6.07, 6.45) is 11.4. The van der Waals surface area contributed by atoms with Crippen molar-refractivity contribution in [3.63, 3.8) is 0 Å². The van der Waals surface area contributed by atoms with Gasteiger partial charge in [-0.15, -0.1) is 12.4 Å². The number of anilines is 1. The van der Waals surface area contributed by atoms with E-state index in [2.05, 4.69) is 54.8 Å². The highest BCUT2D eigenvalue weighted by molar-refractivity contribution is 5.85. The van der Waals surface area contributed by atoms with E-state index in [0.717, 1.165) is 17.8 Å². The molecule has 0 N–H and O–H groups in total. The summed E-state index contributed by atoms with van der Waals surface area (Å²) >= 11 is 0. The highest BCUT2D eigenvalue weighted by atomic mass is 35.5. The minimum absolute atomic E-state index is 0. The van der Waals surface area contributed by atoms with Crippen molar-refractivity contribution >= 4 is 18.1 Å². The quantitative estimate of drug-likeness (QED) is 0.534. The molecule has 4 rings (SSSR count). The summed E-state index contributed by atoms with van der Waals surface area (Å²) in [5, 5.41) is 0. The fourth-order valence-electron chi connectivity index (χ4n) is 6.12. The number of para-hydroxylation sites is 1. The van der Waals surface area contributed by atoms with Crippen LogP contribution < -0.4 is 4.90 Å². The van der Waals surface area contributed by atoms with E-state index in [1.54, 1.807) is 11.3 Å². The van der Waals surface area contributed by atoms with Crippen molar-refractivity contribution in [3.05, 3.63) is 29.8 Å². The highest BCUT2D eigenvalue weighted by Crippen LogP contribution is 2.45. The number of hydrogen-bond acceptors (Lipinski definition) is 2. The average Bonchev–Trinajstić information content (AvgIpc) is 3.21. The molecule has 3 fully saturated rings. The Bertz CT molecular complexity index is 616. The van der Waals surface area contributed by atoms with E-state index in [1.165, 1.54) is 84.1 Å². The van der Waals surface area contributed by atoms with E-state index in [-0.39, 0.29) is 12.4 Å². The van der Waals surface area contributed by atoms with Crippen molar-refractivity contribution in [1.82, 2.24) is 4.90 Å². The van der Waals surface area contributed by atoms with E-state index < -0.39 is 0 Å². The second-order valence-corrected chi connectivity index (χ2v) is 10.9. The Labute approximate surface area is 185 Å². The molecule has 0 atom stereocenters. The molecule has 0 aromatic heterocycles. The third kappa shape index (κ3) is 5.70. The van der Waals surface area contributed by atoms with Gasteiger partial charge in [-0.2, -0.15) is 0 Å². The first kappa shape index (κ1) is 22.9. The molecule has 0 spiro atoms. The third-order valence-corrected chi connectivity index (χ3v) is 8.03. The lowest BCUT2D eigenvalue weighted by Gasteiger charge is -2.40. The molecule has 2 aliphatic carbocycles. The van der Waals surface area contributed by atoms with Crippen LogP contribution in [0.2, 0.25) is 0 Å². The van der Waals surface area contributed by atoms with Gasteiger partial charge in [0.25, 0.3) is 0 Å². The van der Waals surface area contributed by atoms with Gasteiger partial charge >= 0.3 is 0 Å². The van der Waals surface area contributed by atoms with E-state index >= 15 is 0 Å². The number of benzene rings is 1. The molecule has 1 aliphatic heterocycles. The van der Waals surface area contributed by atoms with Crippen LogP contribution in [0, 0.1) is 17.3 Å². The van der Waals surface area contributed by atoms with E-state index in [9.17, 15) is 0 Å². The lowest BCUT2D eigenvalue weighted by Crippen LogP contribution is -2.48. The molecule has 0 unspecified atom stereocenters. The van der Waals surface area contributed by atoms with Crippen LogP contribution in [0.3, 0.4) is 0 Å². The standard InChI is InChI=1S/C26H42N2.ClH/c1-26(2,3)23-14-12-22(13-15-23)24-10-6-7-11-25(24)28-18-16-27(17-19-28)20-21-8-4-5-9-21;/h6-7,10-11,21-23H,4-5,8-9,12-20H2,1-3H3;1H. The number of hydrogen-bond donors (Lipinski definition) is 0. The number of halogens is 1. The molecule has 29 heavy (non-hydrogen) atoms. The first-order chi connectivity index (χ1) is 13.5. The van der Waals surface area contributed by atoms with Crippen LogP contribution in [0.25, 0.3) is 0 Å². The molecule has 1 aromatic carbocycles. The van der Waals surface area contributed by atoms with Crippen molar-refractivity contribution in [2.45, 2.75) is 78.1 Å². The summed E-state index contributed by atoms with van der Waals surface area (Å²) in [5.41, 5.74) is 3.65. The fourth-order valence-corrected chi connectivity index (χ4v) is 6.12. The van der Waals surface area contributed by atoms with Crippen molar-refractivity contribution in [3.8, 4) is 0 Å². The predicted molar refractivity (Wildman–Crippen MR) is 128 cm³/mol. The van der Waals surface area contributed by atoms with E-state index in [4.69, 9.17) is 0 Å². The maximum atomic E-state index is 2.74. The zero-order chi connectivity index (χ0) is 19.6. The van der Waals surface area contributed by atoms with E-state index in [0.29, 0.717) is 5.41 Å². The molecule has 3 aliphatic rings. The molecular formula is C26H43ClN2. The van der Waals surface area contributed by atoms with Crippen LogP contribution in [0.15, 0.2) is 24.3 Å². The molecule has 1 aromatic rings. The Morgan fingerprint density at radius 1 is 0.828 bits per heavy atom. The predicted octanol–water partition coefficient (Wildman–Crippen LogP) is 6.74. The van der Waals surface area contributed by atoms with Crippen LogP contribution in [0.1, 0.15) is 83.6 Å². The summed E-state index contributed by atoms with van der Waals surface area (Å²) in [6, 6.07) is 9.36. The van der Waals surface area contributed by atoms with Gasteiger partial charge in [-0.1, -0.05) is 51.8 Å². The largest absolute Gasteiger partial charge is 0.369 e. The summed E-state index contributed by atoms with van der Waals surface area (Å²) in [6.45, 7) is 13.6. The van der Waals surface area contributed by atoms with Gasteiger partial charge in [0, 0.05) is 38.4 Å². The maximum Gasteiger partial charge on any atom is 0.0402 e. The molecule has 2 saturated carbocycles. The van der Waals surface area contributed by atoms with Crippen molar-refractivity contribution in [1.29, 1.82) is 0 Å². The SMILES string of the molecule is CC(C)(C)C1CCC(c2ccccc2N2CCN(CC3CCCC3)CC2)CC1.Cl. The molecule has 164 valence electrons. The Kier molecular flexibility index (Phi) is 7.95. The van der Waals surface area contributed by atoms with Crippen molar-refractivity contribution in [2.75, 3.05) is 37.6 Å². The summed E-state index contributed by atoms with van der Waals surface area (Å²) in [5.74, 6) is 2.65. The van der Waals surface area contributed by atoms with Crippen LogP contribution in [0.4, 0.5) is 5.69 Å². The van der Waals surface area contributed by atoms with Gasteiger partial charge in [-0.05, 0) is 73.3 Å². The van der Waals surface area contributed by atoms with Gasteiger partial charge in [0.05, 0.1) is 0 Å². The maximum absolute atomic E-state index is 2.74. The van der Waals surface area contributed by atoms with Crippen LogP contribution >= 0.6 is 12.4 Å². The minimum atomic E-state index is 0. The highest BCUT2D eigenvalue weighted by Gasteiger charge is 2.32. The monoisotopic (exact) mass is 418 g/mol. The first-order valence-corrected chi connectivity index (χ1v) is 12.1. The van der Waals surface area contributed by atoms with Crippen LogP contribution in [-0.4, -0.2) is 37.6 Å². The van der Waals surface area contributed by atoms with Gasteiger partial charge in [0.2, 0.25) is 0 Å². The zero-order valence-electron chi connectivity index (χ0n) is 19.0. The second kappa shape index (κ2) is 10.1.